The lowest BCUT2D eigenvalue weighted by Gasteiger charge is -2.30. The van der Waals surface area contributed by atoms with E-state index in [2.05, 4.69) is 0 Å². The molecule has 2 N–H and O–H groups in total. The average molecular weight is 349 g/mol. The van der Waals surface area contributed by atoms with Gasteiger partial charge in [-0.1, -0.05) is 0 Å². The highest BCUT2D eigenvalue weighted by Crippen LogP contribution is 2.33. The van der Waals surface area contributed by atoms with Crippen molar-refractivity contribution in [1.82, 2.24) is 4.31 Å². The van der Waals surface area contributed by atoms with Crippen LogP contribution >= 0.6 is 12.4 Å². The maximum absolute atomic E-state index is 12.7. The van der Waals surface area contributed by atoms with Crippen LogP contribution in [-0.2, 0) is 10.0 Å². The second kappa shape index (κ2) is 7.04. The van der Waals surface area contributed by atoms with Gasteiger partial charge in [-0.25, -0.2) is 8.42 Å². The normalized spacial score (nSPS) is 19.5. The molecule has 0 atom stereocenters. The maximum Gasteiger partial charge on any atom is 0.243 e. The summed E-state index contributed by atoms with van der Waals surface area (Å²) in [6.07, 6.45) is 1.64. The van der Waals surface area contributed by atoms with Gasteiger partial charge in [-0.15, -0.1) is 12.4 Å². The van der Waals surface area contributed by atoms with Gasteiger partial charge in [-0.3, -0.25) is 0 Å². The van der Waals surface area contributed by atoms with Crippen LogP contribution in [0.5, 0.6) is 11.5 Å². The van der Waals surface area contributed by atoms with Crippen LogP contribution in [0.1, 0.15) is 12.8 Å². The molecule has 0 aromatic heterocycles. The minimum Gasteiger partial charge on any atom is -0.486 e. The highest BCUT2D eigenvalue weighted by Gasteiger charge is 2.30. The van der Waals surface area contributed by atoms with Crippen molar-refractivity contribution in [2.24, 2.45) is 11.7 Å². The molecule has 0 radical (unpaired) electrons. The van der Waals surface area contributed by atoms with Crippen molar-refractivity contribution in [3.8, 4) is 11.5 Å². The summed E-state index contributed by atoms with van der Waals surface area (Å²) in [6, 6.07) is 4.80. The number of piperidine rings is 1. The number of benzene rings is 1. The van der Waals surface area contributed by atoms with Crippen LogP contribution in [0.2, 0.25) is 0 Å². The van der Waals surface area contributed by atoms with E-state index in [0.717, 1.165) is 12.8 Å². The summed E-state index contributed by atoms with van der Waals surface area (Å²) in [5.41, 5.74) is 5.65. The van der Waals surface area contributed by atoms with Crippen molar-refractivity contribution in [2.75, 3.05) is 32.8 Å². The standard InChI is InChI=1S/C14H20N2O4S.ClH/c15-10-11-3-5-16(6-4-11)21(17,18)12-1-2-13-14(9-12)20-8-7-19-13;/h1-2,9,11H,3-8,10,15H2;1H. The highest BCUT2D eigenvalue weighted by atomic mass is 35.5. The summed E-state index contributed by atoms with van der Waals surface area (Å²) in [4.78, 5) is 0.262. The molecule has 2 aliphatic heterocycles. The van der Waals surface area contributed by atoms with E-state index in [1.54, 1.807) is 18.2 Å². The molecule has 3 rings (SSSR count). The Morgan fingerprint density at radius 3 is 2.41 bits per heavy atom. The fourth-order valence-corrected chi connectivity index (χ4v) is 4.20. The lowest BCUT2D eigenvalue weighted by atomic mass is 9.99. The van der Waals surface area contributed by atoms with Gasteiger partial charge in [0.05, 0.1) is 4.90 Å². The Labute approximate surface area is 137 Å². The topological polar surface area (TPSA) is 81.9 Å². The van der Waals surface area contributed by atoms with Gasteiger partial charge in [-0.2, -0.15) is 4.31 Å². The minimum atomic E-state index is -3.47. The Hall–Kier alpha value is -1.02. The summed E-state index contributed by atoms with van der Waals surface area (Å²) >= 11 is 0. The van der Waals surface area contributed by atoms with Crippen LogP contribution < -0.4 is 15.2 Å². The molecule has 1 aromatic carbocycles. The van der Waals surface area contributed by atoms with Crippen LogP contribution in [0, 0.1) is 5.92 Å². The Balaban J connectivity index is 0.00000176. The van der Waals surface area contributed by atoms with E-state index in [-0.39, 0.29) is 17.3 Å². The fraction of sp³-hybridized carbons (Fsp3) is 0.571. The zero-order valence-corrected chi connectivity index (χ0v) is 13.9. The number of rotatable bonds is 3. The third kappa shape index (κ3) is 3.32. The lowest BCUT2D eigenvalue weighted by molar-refractivity contribution is 0.171. The van der Waals surface area contributed by atoms with E-state index < -0.39 is 10.0 Å². The van der Waals surface area contributed by atoms with Crippen molar-refractivity contribution in [2.45, 2.75) is 17.7 Å². The molecule has 8 heteroatoms. The molecule has 0 bridgehead atoms. The minimum absolute atomic E-state index is 0. The molecule has 6 nitrogen and oxygen atoms in total. The van der Waals surface area contributed by atoms with Gasteiger partial charge in [0.2, 0.25) is 10.0 Å². The van der Waals surface area contributed by atoms with Gasteiger partial charge in [0.15, 0.2) is 11.5 Å². The number of nitrogens with zero attached hydrogens (tertiary/aromatic N) is 1. The Kier molecular flexibility index (Phi) is 5.55. The summed E-state index contributed by atoms with van der Waals surface area (Å²) in [6.45, 7) is 2.61. The number of nitrogens with two attached hydrogens (primary N) is 1. The highest BCUT2D eigenvalue weighted by molar-refractivity contribution is 7.89. The molecule has 2 aliphatic rings. The molecule has 0 unspecified atom stereocenters. The Morgan fingerprint density at radius 2 is 1.77 bits per heavy atom. The predicted molar refractivity (Wildman–Crippen MR) is 85.2 cm³/mol. The van der Waals surface area contributed by atoms with E-state index in [4.69, 9.17) is 15.2 Å². The first kappa shape index (κ1) is 17.3. The lowest BCUT2D eigenvalue weighted by Crippen LogP contribution is -2.40. The molecular weight excluding hydrogens is 328 g/mol. The first-order chi connectivity index (χ1) is 10.1. The average Bonchev–Trinajstić information content (AvgIpc) is 2.54. The van der Waals surface area contributed by atoms with Crippen molar-refractivity contribution in [1.29, 1.82) is 0 Å². The molecule has 1 fully saturated rings. The van der Waals surface area contributed by atoms with Crippen molar-refractivity contribution in [3.63, 3.8) is 0 Å². The smallest absolute Gasteiger partial charge is 0.243 e. The summed E-state index contributed by atoms with van der Waals surface area (Å²) in [5.74, 6) is 1.53. The summed E-state index contributed by atoms with van der Waals surface area (Å²) < 4.78 is 37.7. The third-order valence-corrected chi connectivity index (χ3v) is 5.95. The number of fused-ring (bicyclic) bond motifs is 1. The van der Waals surface area contributed by atoms with Crippen LogP contribution in [0.4, 0.5) is 0 Å². The van der Waals surface area contributed by atoms with E-state index in [9.17, 15) is 8.42 Å². The molecule has 0 saturated carbocycles. The number of hydrogen-bond donors (Lipinski definition) is 1. The predicted octanol–water partition coefficient (Wildman–Crippen LogP) is 1.24. The second-order valence-corrected chi connectivity index (χ2v) is 7.33. The number of halogens is 1. The maximum atomic E-state index is 12.7. The largest absolute Gasteiger partial charge is 0.486 e. The number of hydrogen-bond acceptors (Lipinski definition) is 5. The molecular formula is C14H21ClN2O4S. The quantitative estimate of drug-likeness (QED) is 0.888. The fourth-order valence-electron chi connectivity index (χ4n) is 2.72. The zero-order valence-electron chi connectivity index (χ0n) is 12.2. The van der Waals surface area contributed by atoms with Gasteiger partial charge in [0, 0.05) is 19.2 Å². The Bertz CT molecular complexity index is 615. The Morgan fingerprint density at radius 1 is 1.14 bits per heavy atom. The first-order valence-corrected chi connectivity index (χ1v) is 8.65. The molecule has 1 aromatic rings. The molecule has 22 heavy (non-hydrogen) atoms. The van der Waals surface area contributed by atoms with Gasteiger partial charge in [0.1, 0.15) is 13.2 Å². The van der Waals surface area contributed by atoms with Gasteiger partial charge >= 0.3 is 0 Å². The van der Waals surface area contributed by atoms with Gasteiger partial charge < -0.3 is 15.2 Å². The molecule has 124 valence electrons. The van der Waals surface area contributed by atoms with Crippen molar-refractivity contribution >= 4 is 22.4 Å². The van der Waals surface area contributed by atoms with Crippen LogP contribution in [0.25, 0.3) is 0 Å². The molecule has 1 saturated heterocycles. The second-order valence-electron chi connectivity index (χ2n) is 5.39. The SMILES string of the molecule is Cl.NCC1CCN(S(=O)(=O)c2ccc3c(c2)OCCO3)CC1. The van der Waals surface area contributed by atoms with Crippen LogP contribution in [0.15, 0.2) is 23.1 Å². The van der Waals surface area contributed by atoms with Crippen molar-refractivity contribution in [3.05, 3.63) is 18.2 Å². The number of ether oxygens (including phenoxy) is 2. The first-order valence-electron chi connectivity index (χ1n) is 7.21. The van der Waals surface area contributed by atoms with Gasteiger partial charge in [0.25, 0.3) is 0 Å². The summed E-state index contributed by atoms with van der Waals surface area (Å²) in [5, 5.41) is 0. The molecule has 0 aliphatic carbocycles. The van der Waals surface area contributed by atoms with Crippen LogP contribution in [0.3, 0.4) is 0 Å². The number of sulfonamides is 1. The van der Waals surface area contributed by atoms with Gasteiger partial charge in [-0.05, 0) is 37.4 Å². The summed E-state index contributed by atoms with van der Waals surface area (Å²) in [7, 11) is -3.47. The van der Waals surface area contributed by atoms with E-state index >= 15 is 0 Å². The molecule has 2 heterocycles. The third-order valence-electron chi connectivity index (χ3n) is 4.06. The van der Waals surface area contributed by atoms with E-state index in [0.29, 0.717) is 50.3 Å². The van der Waals surface area contributed by atoms with Crippen LogP contribution in [-0.4, -0.2) is 45.6 Å². The van der Waals surface area contributed by atoms with E-state index in [1.165, 1.54) is 4.31 Å². The van der Waals surface area contributed by atoms with Crippen molar-refractivity contribution < 1.29 is 17.9 Å². The zero-order chi connectivity index (χ0) is 14.9. The molecule has 0 spiro atoms. The monoisotopic (exact) mass is 348 g/mol. The molecule has 0 amide bonds. The van der Waals surface area contributed by atoms with E-state index in [1.807, 2.05) is 0 Å².